The molecule has 0 aliphatic heterocycles. The summed E-state index contributed by atoms with van der Waals surface area (Å²) in [5.74, 6) is -1.55. The molecule has 0 atom stereocenters. The Morgan fingerprint density at radius 1 is 1.47 bits per heavy atom. The number of halogens is 1. The van der Waals surface area contributed by atoms with Gasteiger partial charge in [-0.2, -0.15) is 0 Å². The number of anilines is 1. The zero-order valence-electron chi connectivity index (χ0n) is 8.12. The van der Waals surface area contributed by atoms with E-state index in [4.69, 9.17) is 5.73 Å². The molecule has 1 aromatic carbocycles. The van der Waals surface area contributed by atoms with E-state index < -0.39 is 11.8 Å². The number of hydrogen-bond donors (Lipinski definition) is 1. The highest BCUT2D eigenvalue weighted by molar-refractivity contribution is 9.10. The van der Waals surface area contributed by atoms with Crippen molar-refractivity contribution in [3.8, 4) is 0 Å². The van der Waals surface area contributed by atoms with Gasteiger partial charge in [-0.1, -0.05) is 0 Å². The number of carbonyl (C=O) groups is 2. The van der Waals surface area contributed by atoms with Gasteiger partial charge in [0.15, 0.2) is 0 Å². The van der Waals surface area contributed by atoms with Crippen LogP contribution >= 0.6 is 15.9 Å². The Bertz CT molecular complexity index is 404. The maximum atomic E-state index is 11.5. The molecule has 0 aromatic heterocycles. The number of Topliss-reactive ketones (excluding diaryl/α,β-unsaturated/α-hetero) is 1. The monoisotopic (exact) mass is 271 g/mol. The second-order valence-electron chi connectivity index (χ2n) is 2.79. The molecule has 0 saturated heterocycles. The molecule has 0 amide bonds. The minimum Gasteiger partial charge on any atom is -0.460 e. The molecule has 0 fully saturated rings. The molecule has 5 heteroatoms. The van der Waals surface area contributed by atoms with Gasteiger partial charge in [0.1, 0.15) is 0 Å². The Hall–Kier alpha value is -1.36. The zero-order valence-corrected chi connectivity index (χ0v) is 9.71. The standard InChI is InChI=1S/C10H10BrNO3/c1-2-15-10(14)9(13)6-3-4-7(11)8(12)5-6/h3-5H,2,12H2,1H3. The van der Waals surface area contributed by atoms with Gasteiger partial charge >= 0.3 is 5.97 Å². The van der Waals surface area contributed by atoms with E-state index in [1.807, 2.05) is 0 Å². The smallest absolute Gasteiger partial charge is 0.379 e. The van der Waals surface area contributed by atoms with Crippen LogP contribution in [0.5, 0.6) is 0 Å². The Labute approximate surface area is 95.5 Å². The van der Waals surface area contributed by atoms with Gasteiger partial charge in [0.25, 0.3) is 5.78 Å². The van der Waals surface area contributed by atoms with Crippen LogP contribution in [0.3, 0.4) is 0 Å². The molecule has 15 heavy (non-hydrogen) atoms. The van der Waals surface area contributed by atoms with Gasteiger partial charge in [0, 0.05) is 15.7 Å². The van der Waals surface area contributed by atoms with E-state index in [0.29, 0.717) is 10.2 Å². The van der Waals surface area contributed by atoms with Gasteiger partial charge in [0.05, 0.1) is 6.61 Å². The third-order valence-electron chi connectivity index (χ3n) is 1.72. The molecule has 0 spiro atoms. The number of rotatable bonds is 3. The first kappa shape index (κ1) is 11.7. The maximum absolute atomic E-state index is 11.5. The predicted octanol–water partition coefficient (Wildman–Crippen LogP) is 1.78. The first-order valence-electron chi connectivity index (χ1n) is 4.32. The Morgan fingerprint density at radius 2 is 2.13 bits per heavy atom. The van der Waals surface area contributed by atoms with Crippen LogP contribution < -0.4 is 5.73 Å². The van der Waals surface area contributed by atoms with Crippen LogP contribution in [0, 0.1) is 0 Å². The molecule has 0 radical (unpaired) electrons. The molecule has 0 heterocycles. The number of benzene rings is 1. The number of esters is 1. The lowest BCUT2D eigenvalue weighted by Crippen LogP contribution is -2.17. The summed E-state index contributed by atoms with van der Waals surface area (Å²) in [6.45, 7) is 1.82. The molecule has 80 valence electrons. The molecular formula is C10H10BrNO3. The van der Waals surface area contributed by atoms with E-state index in [-0.39, 0.29) is 12.2 Å². The van der Waals surface area contributed by atoms with Crippen molar-refractivity contribution < 1.29 is 14.3 Å². The normalized spacial score (nSPS) is 9.73. The van der Waals surface area contributed by atoms with Crippen molar-refractivity contribution in [2.75, 3.05) is 12.3 Å². The van der Waals surface area contributed by atoms with Gasteiger partial charge < -0.3 is 10.5 Å². The highest BCUT2D eigenvalue weighted by Gasteiger charge is 2.17. The van der Waals surface area contributed by atoms with Crippen molar-refractivity contribution in [2.45, 2.75) is 6.92 Å². The van der Waals surface area contributed by atoms with E-state index in [0.717, 1.165) is 0 Å². The van der Waals surface area contributed by atoms with E-state index in [1.54, 1.807) is 13.0 Å². The van der Waals surface area contributed by atoms with E-state index in [1.165, 1.54) is 12.1 Å². The number of ether oxygens (including phenoxy) is 1. The van der Waals surface area contributed by atoms with Crippen molar-refractivity contribution in [3.63, 3.8) is 0 Å². The van der Waals surface area contributed by atoms with Crippen molar-refractivity contribution in [3.05, 3.63) is 28.2 Å². The largest absolute Gasteiger partial charge is 0.460 e. The second-order valence-corrected chi connectivity index (χ2v) is 3.64. The second kappa shape index (κ2) is 4.93. The fourth-order valence-corrected chi connectivity index (χ4v) is 1.25. The summed E-state index contributed by atoms with van der Waals surface area (Å²) in [6.07, 6.45) is 0. The number of nitrogen functional groups attached to an aromatic ring is 1. The van der Waals surface area contributed by atoms with Gasteiger partial charge in [-0.3, -0.25) is 4.79 Å². The van der Waals surface area contributed by atoms with E-state index in [9.17, 15) is 9.59 Å². The minimum atomic E-state index is -0.862. The molecule has 0 aliphatic carbocycles. The summed E-state index contributed by atoms with van der Waals surface area (Å²) >= 11 is 3.19. The summed E-state index contributed by atoms with van der Waals surface area (Å²) < 4.78 is 5.27. The fraction of sp³-hybridized carbons (Fsp3) is 0.200. The minimum absolute atomic E-state index is 0.177. The first-order chi connectivity index (χ1) is 7.06. The number of hydrogen-bond acceptors (Lipinski definition) is 4. The van der Waals surface area contributed by atoms with Crippen LogP contribution in [0.1, 0.15) is 17.3 Å². The summed E-state index contributed by atoms with van der Waals surface area (Å²) in [6, 6.07) is 4.56. The van der Waals surface area contributed by atoms with E-state index >= 15 is 0 Å². The van der Waals surface area contributed by atoms with E-state index in [2.05, 4.69) is 20.7 Å². The third kappa shape index (κ3) is 2.79. The highest BCUT2D eigenvalue weighted by atomic mass is 79.9. The number of nitrogens with two attached hydrogens (primary N) is 1. The van der Waals surface area contributed by atoms with Crippen molar-refractivity contribution in [2.24, 2.45) is 0 Å². The third-order valence-corrected chi connectivity index (χ3v) is 2.44. The van der Waals surface area contributed by atoms with Crippen LogP contribution in [-0.2, 0) is 9.53 Å². The van der Waals surface area contributed by atoms with Crippen LogP contribution in [0.25, 0.3) is 0 Å². The molecule has 0 unspecified atom stereocenters. The first-order valence-corrected chi connectivity index (χ1v) is 5.12. The van der Waals surface area contributed by atoms with Crippen molar-refractivity contribution in [1.29, 1.82) is 0 Å². The molecule has 0 bridgehead atoms. The number of carbonyl (C=O) groups excluding carboxylic acids is 2. The number of ketones is 1. The summed E-state index contributed by atoms with van der Waals surface area (Å²) in [5.41, 5.74) is 6.22. The lowest BCUT2D eigenvalue weighted by Gasteiger charge is -2.03. The zero-order chi connectivity index (χ0) is 11.4. The predicted molar refractivity (Wildman–Crippen MR) is 59.5 cm³/mol. The highest BCUT2D eigenvalue weighted by Crippen LogP contribution is 2.20. The summed E-state index contributed by atoms with van der Waals surface area (Å²) in [4.78, 5) is 22.6. The lowest BCUT2D eigenvalue weighted by atomic mass is 10.1. The lowest BCUT2D eigenvalue weighted by molar-refractivity contribution is -0.137. The van der Waals surface area contributed by atoms with Crippen molar-refractivity contribution in [1.82, 2.24) is 0 Å². The van der Waals surface area contributed by atoms with Crippen molar-refractivity contribution >= 4 is 33.4 Å². The molecular weight excluding hydrogens is 262 g/mol. The Morgan fingerprint density at radius 3 is 2.67 bits per heavy atom. The SMILES string of the molecule is CCOC(=O)C(=O)c1ccc(Br)c(N)c1. The van der Waals surface area contributed by atoms with Gasteiger partial charge in [-0.25, -0.2) is 4.79 Å². The fourth-order valence-electron chi connectivity index (χ4n) is 0.999. The molecule has 2 N–H and O–H groups in total. The molecule has 0 aliphatic rings. The quantitative estimate of drug-likeness (QED) is 0.394. The van der Waals surface area contributed by atoms with Crippen LogP contribution in [0.2, 0.25) is 0 Å². The average molecular weight is 272 g/mol. The van der Waals surface area contributed by atoms with Gasteiger partial charge in [-0.05, 0) is 41.1 Å². The molecule has 0 saturated carbocycles. The Kier molecular flexibility index (Phi) is 3.85. The summed E-state index contributed by atoms with van der Waals surface area (Å²) in [5, 5.41) is 0. The molecule has 1 rings (SSSR count). The van der Waals surface area contributed by atoms with Crippen LogP contribution in [0.15, 0.2) is 22.7 Å². The topological polar surface area (TPSA) is 69.4 Å². The van der Waals surface area contributed by atoms with Crippen LogP contribution in [-0.4, -0.2) is 18.4 Å². The maximum Gasteiger partial charge on any atom is 0.379 e. The summed E-state index contributed by atoms with van der Waals surface area (Å²) in [7, 11) is 0. The molecule has 4 nitrogen and oxygen atoms in total. The Balaban J connectivity index is 2.92. The molecule has 1 aromatic rings. The van der Waals surface area contributed by atoms with Crippen LogP contribution in [0.4, 0.5) is 5.69 Å². The van der Waals surface area contributed by atoms with Gasteiger partial charge in [-0.15, -0.1) is 0 Å². The average Bonchev–Trinajstić information content (AvgIpc) is 2.21. The van der Waals surface area contributed by atoms with Gasteiger partial charge in [0.2, 0.25) is 0 Å².